The molecule has 3 N–H and O–H groups in total. The van der Waals surface area contributed by atoms with Gasteiger partial charge in [-0.1, -0.05) is 24.3 Å². The van der Waals surface area contributed by atoms with Crippen LogP contribution in [0.3, 0.4) is 0 Å². The quantitative estimate of drug-likeness (QED) is 0.348. The number of hydrogen-bond acceptors (Lipinski definition) is 7. The van der Waals surface area contributed by atoms with E-state index in [1.807, 2.05) is 0 Å². The van der Waals surface area contributed by atoms with Crippen molar-refractivity contribution in [3.63, 3.8) is 0 Å². The van der Waals surface area contributed by atoms with Gasteiger partial charge in [0.2, 0.25) is 5.91 Å². The molecule has 3 rings (SSSR count). The predicted molar refractivity (Wildman–Crippen MR) is 124 cm³/mol. The molecular weight excluding hydrogens is 463 g/mol. The van der Waals surface area contributed by atoms with Crippen LogP contribution < -0.4 is 15.8 Å². The fourth-order valence-corrected chi connectivity index (χ4v) is 3.63. The molecule has 3 aromatic carbocycles. The summed E-state index contributed by atoms with van der Waals surface area (Å²) in [6.45, 7) is 1.96. The minimum atomic E-state index is -5.04. The van der Waals surface area contributed by atoms with Crippen molar-refractivity contribution in [3.05, 3.63) is 83.9 Å². The van der Waals surface area contributed by atoms with Crippen molar-refractivity contribution >= 4 is 27.8 Å². The van der Waals surface area contributed by atoms with E-state index >= 15 is 0 Å². The van der Waals surface area contributed by atoms with E-state index in [0.717, 1.165) is 6.07 Å². The van der Waals surface area contributed by atoms with Crippen molar-refractivity contribution in [1.82, 2.24) is 0 Å². The minimum Gasteiger partial charge on any atom is -0.462 e. The molecule has 1 amide bonds. The number of amides is 1. The van der Waals surface area contributed by atoms with Gasteiger partial charge < -0.3 is 20.5 Å². The second kappa shape index (κ2) is 10.9. The van der Waals surface area contributed by atoms with Crippen molar-refractivity contribution in [3.8, 4) is 11.5 Å². The van der Waals surface area contributed by atoms with Gasteiger partial charge in [0, 0.05) is 5.69 Å². The maximum Gasteiger partial charge on any atom is 0.338 e. The SMILES string of the molecule is CCOC(=O)c1ccc(NC(=O)C(N)Cc2ccc(S(=O)(=O)F)c(Oc3ccccc3)c2)cc1. The Hall–Kier alpha value is -3.76. The van der Waals surface area contributed by atoms with Gasteiger partial charge in [0.05, 0.1) is 18.2 Å². The molecule has 0 aliphatic carbocycles. The van der Waals surface area contributed by atoms with Gasteiger partial charge in [-0.2, -0.15) is 8.42 Å². The summed E-state index contributed by atoms with van der Waals surface area (Å²) in [5, 5.41) is 2.65. The summed E-state index contributed by atoms with van der Waals surface area (Å²) >= 11 is 0. The van der Waals surface area contributed by atoms with E-state index in [4.69, 9.17) is 15.2 Å². The molecule has 0 aromatic heterocycles. The molecule has 0 spiro atoms. The second-order valence-electron chi connectivity index (χ2n) is 7.23. The first kappa shape index (κ1) is 24.9. The van der Waals surface area contributed by atoms with Gasteiger partial charge in [-0.3, -0.25) is 4.79 Å². The number of ether oxygens (including phenoxy) is 2. The summed E-state index contributed by atoms with van der Waals surface area (Å²) in [4.78, 5) is 23.6. The van der Waals surface area contributed by atoms with Gasteiger partial charge in [0.15, 0.2) is 0 Å². The van der Waals surface area contributed by atoms with E-state index in [9.17, 15) is 21.9 Å². The maximum absolute atomic E-state index is 13.7. The molecule has 0 heterocycles. The van der Waals surface area contributed by atoms with E-state index in [-0.39, 0.29) is 18.8 Å². The zero-order chi connectivity index (χ0) is 24.7. The monoisotopic (exact) mass is 486 g/mol. The number of para-hydroxylation sites is 1. The van der Waals surface area contributed by atoms with E-state index in [2.05, 4.69) is 5.32 Å². The highest BCUT2D eigenvalue weighted by Crippen LogP contribution is 2.31. The lowest BCUT2D eigenvalue weighted by Crippen LogP contribution is -2.37. The summed E-state index contributed by atoms with van der Waals surface area (Å²) in [6.07, 6.45) is 0.0322. The van der Waals surface area contributed by atoms with Crippen molar-refractivity contribution in [2.24, 2.45) is 5.73 Å². The number of hydrogen-bond donors (Lipinski definition) is 2. The smallest absolute Gasteiger partial charge is 0.338 e. The topological polar surface area (TPSA) is 125 Å². The van der Waals surface area contributed by atoms with E-state index in [1.165, 1.54) is 24.3 Å². The molecule has 0 bridgehead atoms. The predicted octanol–water partition coefficient (Wildman–Crippen LogP) is 3.82. The van der Waals surface area contributed by atoms with Gasteiger partial charge in [-0.25, -0.2) is 4.79 Å². The molecule has 10 heteroatoms. The molecule has 0 saturated carbocycles. The van der Waals surface area contributed by atoms with Crippen LogP contribution in [0.5, 0.6) is 11.5 Å². The van der Waals surface area contributed by atoms with Crippen LogP contribution in [0.4, 0.5) is 9.57 Å². The Morgan fingerprint density at radius 3 is 2.32 bits per heavy atom. The number of anilines is 1. The Kier molecular flexibility index (Phi) is 7.98. The average Bonchev–Trinajstić information content (AvgIpc) is 2.79. The van der Waals surface area contributed by atoms with Crippen molar-refractivity contribution in [2.45, 2.75) is 24.3 Å². The third-order valence-corrected chi connectivity index (χ3v) is 5.56. The molecule has 0 saturated heterocycles. The van der Waals surface area contributed by atoms with Crippen LogP contribution in [-0.4, -0.2) is 32.9 Å². The molecule has 0 aliphatic heterocycles. The number of esters is 1. The zero-order valence-electron chi connectivity index (χ0n) is 18.2. The third-order valence-electron chi connectivity index (χ3n) is 4.70. The molecule has 0 radical (unpaired) electrons. The third kappa shape index (κ3) is 6.63. The average molecular weight is 487 g/mol. The molecular formula is C24H23FN2O6S. The first-order chi connectivity index (χ1) is 16.2. The van der Waals surface area contributed by atoms with Crippen LogP contribution in [0, 0.1) is 0 Å². The fourth-order valence-electron chi connectivity index (χ4n) is 3.06. The van der Waals surface area contributed by atoms with Gasteiger partial charge in [-0.05, 0) is 67.4 Å². The lowest BCUT2D eigenvalue weighted by Gasteiger charge is -2.15. The molecule has 8 nitrogen and oxygen atoms in total. The normalized spacial score (nSPS) is 12.0. The Labute approximate surface area is 196 Å². The first-order valence-electron chi connectivity index (χ1n) is 10.3. The van der Waals surface area contributed by atoms with Crippen LogP contribution in [0.25, 0.3) is 0 Å². The Bertz CT molecular complexity index is 1260. The molecule has 1 unspecified atom stereocenters. The molecule has 1 atom stereocenters. The number of nitrogens with two attached hydrogens (primary N) is 1. The van der Waals surface area contributed by atoms with Crippen molar-refractivity contribution in [2.75, 3.05) is 11.9 Å². The van der Waals surface area contributed by atoms with Crippen LogP contribution in [0.1, 0.15) is 22.8 Å². The molecule has 34 heavy (non-hydrogen) atoms. The highest BCUT2D eigenvalue weighted by molar-refractivity contribution is 7.86. The summed E-state index contributed by atoms with van der Waals surface area (Å²) in [7, 11) is -5.04. The highest BCUT2D eigenvalue weighted by Gasteiger charge is 2.22. The second-order valence-corrected chi connectivity index (χ2v) is 8.55. The van der Waals surface area contributed by atoms with Crippen LogP contribution >= 0.6 is 0 Å². The number of carbonyl (C=O) groups excluding carboxylic acids is 2. The van der Waals surface area contributed by atoms with E-state index in [0.29, 0.717) is 22.6 Å². The minimum absolute atomic E-state index is 0.0322. The summed E-state index contributed by atoms with van der Waals surface area (Å²) < 4.78 is 47.3. The van der Waals surface area contributed by atoms with Gasteiger partial charge >= 0.3 is 16.2 Å². The highest BCUT2D eigenvalue weighted by atomic mass is 32.3. The zero-order valence-corrected chi connectivity index (χ0v) is 19.0. The van der Waals surface area contributed by atoms with E-state index < -0.39 is 33.0 Å². The van der Waals surface area contributed by atoms with Crippen LogP contribution in [-0.2, 0) is 26.2 Å². The van der Waals surface area contributed by atoms with Crippen molar-refractivity contribution < 1.29 is 31.4 Å². The number of benzene rings is 3. The van der Waals surface area contributed by atoms with Gasteiger partial charge in [-0.15, -0.1) is 3.89 Å². The number of nitrogens with one attached hydrogen (secondary N) is 1. The fraction of sp³-hybridized carbons (Fsp3) is 0.167. The summed E-state index contributed by atoms with van der Waals surface area (Å²) in [5.41, 5.74) is 7.27. The summed E-state index contributed by atoms with van der Waals surface area (Å²) in [5.74, 6) is -0.868. The number of carbonyl (C=O) groups is 2. The lowest BCUT2D eigenvalue weighted by molar-refractivity contribution is -0.117. The van der Waals surface area contributed by atoms with Crippen LogP contribution in [0.15, 0.2) is 77.7 Å². The largest absolute Gasteiger partial charge is 0.462 e. The van der Waals surface area contributed by atoms with Gasteiger partial charge in [0.25, 0.3) is 0 Å². The first-order valence-corrected chi connectivity index (χ1v) is 11.7. The van der Waals surface area contributed by atoms with Gasteiger partial charge in [0.1, 0.15) is 16.4 Å². The maximum atomic E-state index is 13.7. The molecule has 178 valence electrons. The summed E-state index contributed by atoms with van der Waals surface area (Å²) in [6, 6.07) is 17.2. The Morgan fingerprint density at radius 2 is 1.71 bits per heavy atom. The molecule has 3 aromatic rings. The molecule has 0 aliphatic rings. The molecule has 0 fully saturated rings. The Balaban J connectivity index is 1.72. The van der Waals surface area contributed by atoms with E-state index in [1.54, 1.807) is 49.4 Å². The van der Waals surface area contributed by atoms with Crippen molar-refractivity contribution in [1.29, 1.82) is 0 Å². The number of rotatable bonds is 9. The lowest BCUT2D eigenvalue weighted by atomic mass is 10.1. The number of halogens is 1. The standard InChI is InChI=1S/C24H23FN2O6S/c1-2-32-24(29)17-9-11-18(12-10-17)27-23(28)20(26)14-16-8-13-22(34(25,30)31)21(15-16)33-19-6-4-3-5-7-19/h3-13,15,20H,2,14,26H2,1H3,(H,27,28). The van der Waals surface area contributed by atoms with Crippen LogP contribution in [0.2, 0.25) is 0 Å². The Morgan fingerprint density at radius 1 is 1.03 bits per heavy atom.